The number of hydrogen-bond donors (Lipinski definition) is 0. The zero-order chi connectivity index (χ0) is 34.6. The van der Waals surface area contributed by atoms with Gasteiger partial charge in [0.05, 0.1) is 0 Å². The first-order valence-electron chi connectivity index (χ1n) is 18.3. The molecule has 0 aliphatic heterocycles. The molecule has 0 N–H and O–H groups in total. The van der Waals surface area contributed by atoms with Crippen LogP contribution in [0.4, 0.5) is 0 Å². The fourth-order valence-electron chi connectivity index (χ4n) is 9.27. The highest BCUT2D eigenvalue weighted by molar-refractivity contribution is 6.39. The predicted octanol–water partition coefficient (Wildman–Crippen LogP) is 15.0. The van der Waals surface area contributed by atoms with Crippen LogP contribution in [-0.4, -0.2) is 0 Å². The molecule has 0 fully saturated rings. The van der Waals surface area contributed by atoms with Crippen molar-refractivity contribution in [1.82, 2.24) is 0 Å². The second-order valence-corrected chi connectivity index (χ2v) is 14.3. The third-order valence-corrected chi connectivity index (χ3v) is 11.6. The first-order valence-corrected chi connectivity index (χ1v) is 18.3. The van der Waals surface area contributed by atoms with Crippen molar-refractivity contribution in [2.75, 3.05) is 0 Å². The smallest absolute Gasteiger partial charge is 0.143 e. The molecule has 0 bridgehead atoms. The summed E-state index contributed by atoms with van der Waals surface area (Å²) in [6.45, 7) is 0. The molecule has 12 rings (SSSR count). The van der Waals surface area contributed by atoms with Crippen molar-refractivity contribution < 1.29 is 4.42 Å². The summed E-state index contributed by atoms with van der Waals surface area (Å²) >= 11 is 0. The first-order chi connectivity index (χ1) is 26.3. The van der Waals surface area contributed by atoms with Gasteiger partial charge in [0.2, 0.25) is 0 Å². The van der Waals surface area contributed by atoms with Crippen LogP contribution in [0.25, 0.3) is 120 Å². The fraction of sp³-hybridized carbons (Fsp3) is 0. The van der Waals surface area contributed by atoms with Gasteiger partial charge in [-0.25, -0.2) is 0 Å². The maximum Gasteiger partial charge on any atom is 0.143 e. The lowest BCUT2D eigenvalue weighted by Gasteiger charge is -2.17. The average Bonchev–Trinajstić information content (AvgIpc) is 3.61. The van der Waals surface area contributed by atoms with Gasteiger partial charge in [0.15, 0.2) is 0 Å². The van der Waals surface area contributed by atoms with Gasteiger partial charge in [-0.3, -0.25) is 0 Å². The zero-order valence-corrected chi connectivity index (χ0v) is 28.7. The Morgan fingerprint density at radius 3 is 1.34 bits per heavy atom. The van der Waals surface area contributed by atoms with E-state index in [1.165, 1.54) is 92.3 Å². The highest BCUT2D eigenvalue weighted by Gasteiger charge is 2.18. The molecule has 0 saturated heterocycles. The van der Waals surface area contributed by atoms with Crippen molar-refractivity contribution in [1.29, 1.82) is 0 Å². The van der Waals surface area contributed by atoms with E-state index in [0.717, 1.165) is 27.3 Å². The molecule has 0 amide bonds. The van der Waals surface area contributed by atoms with Crippen molar-refractivity contribution in [3.63, 3.8) is 0 Å². The van der Waals surface area contributed by atoms with Gasteiger partial charge in [-0.05, 0) is 117 Å². The van der Waals surface area contributed by atoms with E-state index in [-0.39, 0.29) is 0 Å². The topological polar surface area (TPSA) is 13.1 Å². The van der Waals surface area contributed by atoms with Crippen LogP contribution in [0.5, 0.6) is 0 Å². The van der Waals surface area contributed by atoms with Gasteiger partial charge in [0, 0.05) is 16.2 Å². The second-order valence-electron chi connectivity index (χ2n) is 14.3. The molecule has 1 nitrogen and oxygen atoms in total. The van der Waals surface area contributed by atoms with Gasteiger partial charge in [0.1, 0.15) is 11.2 Å². The lowest BCUT2D eigenvalue weighted by atomic mass is 9.86. The standard InChI is InChI=1S/C52H30O/c1-2-12-36-31(11-1)23-27-46-48-30-33(25-28-49(48)53-52(36)46)35-20-10-21-37-34(19-9-22-38(35)37)32-24-26-45-47(29-32)41-15-5-8-18-44(41)50-42-16-6-3-13-39(42)40-14-4-7-17-43(40)51(45)50/h1-30H. The van der Waals surface area contributed by atoms with Gasteiger partial charge in [-0.2, -0.15) is 0 Å². The Morgan fingerprint density at radius 1 is 0.264 bits per heavy atom. The summed E-state index contributed by atoms with van der Waals surface area (Å²) in [5, 5.41) is 20.1. The van der Waals surface area contributed by atoms with Crippen LogP contribution in [0.15, 0.2) is 186 Å². The molecular weight excluding hydrogens is 641 g/mol. The largest absolute Gasteiger partial charge is 0.455 e. The van der Waals surface area contributed by atoms with E-state index in [4.69, 9.17) is 4.42 Å². The summed E-state index contributed by atoms with van der Waals surface area (Å²) < 4.78 is 6.46. The summed E-state index contributed by atoms with van der Waals surface area (Å²) in [5.41, 5.74) is 6.73. The van der Waals surface area contributed by atoms with E-state index in [1.807, 2.05) is 0 Å². The lowest BCUT2D eigenvalue weighted by molar-refractivity contribution is 0.672. The lowest BCUT2D eigenvalue weighted by Crippen LogP contribution is -1.89. The minimum atomic E-state index is 0.915. The maximum atomic E-state index is 6.46. The highest BCUT2D eigenvalue weighted by Crippen LogP contribution is 2.45. The van der Waals surface area contributed by atoms with E-state index in [2.05, 4.69) is 182 Å². The number of benzene rings is 11. The third-order valence-electron chi connectivity index (χ3n) is 11.6. The summed E-state index contributed by atoms with van der Waals surface area (Å²) in [5.74, 6) is 0. The van der Waals surface area contributed by atoms with Crippen molar-refractivity contribution in [2.24, 2.45) is 0 Å². The summed E-state index contributed by atoms with van der Waals surface area (Å²) in [4.78, 5) is 0. The Kier molecular flexibility index (Phi) is 5.84. The first kappa shape index (κ1) is 28.7. The van der Waals surface area contributed by atoms with Crippen LogP contribution in [0.2, 0.25) is 0 Å². The Labute approximate surface area is 304 Å². The molecule has 53 heavy (non-hydrogen) atoms. The quantitative estimate of drug-likeness (QED) is 0.167. The van der Waals surface area contributed by atoms with E-state index >= 15 is 0 Å². The third kappa shape index (κ3) is 4.02. The Morgan fingerprint density at radius 2 is 0.717 bits per heavy atom. The van der Waals surface area contributed by atoms with Crippen LogP contribution < -0.4 is 0 Å². The molecule has 0 unspecified atom stereocenters. The van der Waals surface area contributed by atoms with Gasteiger partial charge in [-0.1, -0.05) is 158 Å². The molecule has 1 aromatic heterocycles. The zero-order valence-electron chi connectivity index (χ0n) is 28.7. The number of hydrogen-bond acceptors (Lipinski definition) is 1. The number of rotatable bonds is 2. The number of furan rings is 1. The summed E-state index contributed by atoms with van der Waals surface area (Å²) in [6, 6.07) is 66.8. The van der Waals surface area contributed by atoms with Gasteiger partial charge in [0.25, 0.3) is 0 Å². The van der Waals surface area contributed by atoms with Crippen LogP contribution in [-0.2, 0) is 0 Å². The molecule has 0 spiro atoms. The molecule has 11 aromatic carbocycles. The SMILES string of the molecule is c1ccc2c(c1)ccc1c3cc(-c4cccc5c(-c6ccc7c(c6)c6ccccc6c6c8ccccc8c8ccccc8c76)cccc45)ccc3oc21. The molecule has 0 aliphatic rings. The Bertz CT molecular complexity index is 3510. The minimum absolute atomic E-state index is 0.915. The fourth-order valence-corrected chi connectivity index (χ4v) is 9.27. The Balaban J connectivity index is 1.09. The average molecular weight is 671 g/mol. The van der Waals surface area contributed by atoms with Gasteiger partial charge >= 0.3 is 0 Å². The Hall–Kier alpha value is -6.96. The normalized spacial score (nSPS) is 12.2. The molecule has 0 aliphatic carbocycles. The van der Waals surface area contributed by atoms with E-state index < -0.39 is 0 Å². The predicted molar refractivity (Wildman–Crippen MR) is 227 cm³/mol. The molecule has 0 saturated carbocycles. The molecule has 244 valence electrons. The van der Waals surface area contributed by atoms with Crippen LogP contribution >= 0.6 is 0 Å². The molecular formula is C52H30O. The summed E-state index contributed by atoms with van der Waals surface area (Å²) in [7, 11) is 0. The number of fused-ring (bicyclic) bond motifs is 17. The van der Waals surface area contributed by atoms with Crippen LogP contribution in [0, 0.1) is 0 Å². The molecule has 0 radical (unpaired) electrons. The van der Waals surface area contributed by atoms with E-state index in [9.17, 15) is 0 Å². The highest BCUT2D eigenvalue weighted by atomic mass is 16.3. The van der Waals surface area contributed by atoms with Crippen molar-refractivity contribution >= 4 is 97.3 Å². The monoisotopic (exact) mass is 670 g/mol. The molecule has 0 atom stereocenters. The molecule has 1 heteroatoms. The van der Waals surface area contributed by atoms with Crippen molar-refractivity contribution in [3.05, 3.63) is 182 Å². The molecule has 1 heterocycles. The van der Waals surface area contributed by atoms with Crippen molar-refractivity contribution in [3.8, 4) is 22.3 Å². The van der Waals surface area contributed by atoms with E-state index in [0.29, 0.717) is 0 Å². The maximum absolute atomic E-state index is 6.46. The van der Waals surface area contributed by atoms with E-state index in [1.54, 1.807) is 0 Å². The molecule has 12 aromatic rings. The van der Waals surface area contributed by atoms with Crippen LogP contribution in [0.3, 0.4) is 0 Å². The van der Waals surface area contributed by atoms with Gasteiger partial charge in [-0.15, -0.1) is 0 Å². The minimum Gasteiger partial charge on any atom is -0.455 e. The second kappa shape index (κ2) is 10.8. The van der Waals surface area contributed by atoms with Crippen molar-refractivity contribution in [2.45, 2.75) is 0 Å². The summed E-state index contributed by atoms with van der Waals surface area (Å²) in [6.07, 6.45) is 0. The van der Waals surface area contributed by atoms with Crippen LogP contribution in [0.1, 0.15) is 0 Å². The van der Waals surface area contributed by atoms with Gasteiger partial charge < -0.3 is 4.42 Å².